The molecule has 1 aromatic rings. The minimum Gasteiger partial charge on any atom is -0.309 e. The smallest absolute Gasteiger partial charge is 0.0595 e. The fourth-order valence-corrected chi connectivity index (χ4v) is 3.76. The highest BCUT2D eigenvalue weighted by Crippen LogP contribution is 2.31. The van der Waals surface area contributed by atoms with Gasteiger partial charge in [0.15, 0.2) is 0 Å². The molecule has 21 heavy (non-hydrogen) atoms. The molecule has 116 valence electrons. The van der Waals surface area contributed by atoms with Crippen molar-refractivity contribution < 1.29 is 0 Å². The molecule has 3 aliphatic heterocycles. The normalized spacial score (nSPS) is 29.6. The SMILES string of the molecule is CCCNC(c1ccc(Cl)c(Cl)c1)C1CN2CCN1CC2. The van der Waals surface area contributed by atoms with Crippen LogP contribution in [0.15, 0.2) is 18.2 Å². The maximum Gasteiger partial charge on any atom is 0.0595 e. The van der Waals surface area contributed by atoms with Crippen LogP contribution in [0.25, 0.3) is 0 Å². The van der Waals surface area contributed by atoms with Crippen molar-refractivity contribution in [3.8, 4) is 0 Å². The zero-order chi connectivity index (χ0) is 14.8. The molecule has 3 aliphatic rings. The zero-order valence-electron chi connectivity index (χ0n) is 12.5. The van der Waals surface area contributed by atoms with Crippen LogP contribution in [0, 0.1) is 0 Å². The topological polar surface area (TPSA) is 18.5 Å². The molecule has 1 N–H and O–H groups in total. The molecule has 0 amide bonds. The Hall–Kier alpha value is -0.320. The van der Waals surface area contributed by atoms with Gasteiger partial charge in [0, 0.05) is 44.8 Å². The Morgan fingerprint density at radius 1 is 1.19 bits per heavy atom. The third-order valence-electron chi connectivity index (χ3n) is 4.62. The number of piperazine rings is 3. The Morgan fingerprint density at radius 3 is 2.52 bits per heavy atom. The second-order valence-corrected chi connectivity index (χ2v) is 6.82. The molecule has 3 nitrogen and oxygen atoms in total. The molecule has 4 rings (SSSR count). The Labute approximate surface area is 137 Å². The summed E-state index contributed by atoms with van der Waals surface area (Å²) in [6.45, 7) is 9.13. The van der Waals surface area contributed by atoms with Gasteiger partial charge in [-0.15, -0.1) is 0 Å². The van der Waals surface area contributed by atoms with Crippen LogP contribution < -0.4 is 5.32 Å². The number of nitrogens with zero attached hydrogens (tertiary/aromatic N) is 2. The minimum atomic E-state index is 0.322. The van der Waals surface area contributed by atoms with Gasteiger partial charge in [-0.25, -0.2) is 0 Å². The van der Waals surface area contributed by atoms with Gasteiger partial charge in [0.05, 0.1) is 10.0 Å². The second-order valence-electron chi connectivity index (χ2n) is 6.01. The summed E-state index contributed by atoms with van der Waals surface area (Å²) in [5.41, 5.74) is 1.25. The molecule has 5 heteroatoms. The summed E-state index contributed by atoms with van der Waals surface area (Å²) in [5.74, 6) is 0. The van der Waals surface area contributed by atoms with E-state index in [0.29, 0.717) is 22.1 Å². The van der Waals surface area contributed by atoms with E-state index in [9.17, 15) is 0 Å². The highest BCUT2D eigenvalue weighted by atomic mass is 35.5. The molecule has 3 fully saturated rings. The van der Waals surface area contributed by atoms with Gasteiger partial charge in [-0.2, -0.15) is 0 Å². The predicted molar refractivity (Wildman–Crippen MR) is 89.3 cm³/mol. The number of fused-ring (bicyclic) bond motifs is 3. The average Bonchev–Trinajstić information content (AvgIpc) is 2.52. The molecule has 1 aromatic carbocycles. The van der Waals surface area contributed by atoms with Crippen LogP contribution in [0.1, 0.15) is 24.9 Å². The summed E-state index contributed by atoms with van der Waals surface area (Å²) in [5, 5.41) is 4.99. The lowest BCUT2D eigenvalue weighted by Crippen LogP contribution is -2.64. The molecule has 2 atom stereocenters. The van der Waals surface area contributed by atoms with Crippen molar-refractivity contribution in [2.24, 2.45) is 0 Å². The monoisotopic (exact) mass is 327 g/mol. The van der Waals surface area contributed by atoms with E-state index in [-0.39, 0.29) is 0 Å². The number of halogens is 2. The van der Waals surface area contributed by atoms with Crippen LogP contribution in [-0.4, -0.2) is 55.1 Å². The Balaban J connectivity index is 1.84. The van der Waals surface area contributed by atoms with Crippen LogP contribution in [0.4, 0.5) is 0 Å². The molecule has 0 aliphatic carbocycles. The second kappa shape index (κ2) is 6.84. The third-order valence-corrected chi connectivity index (χ3v) is 5.36. The van der Waals surface area contributed by atoms with E-state index in [1.807, 2.05) is 12.1 Å². The lowest BCUT2D eigenvalue weighted by molar-refractivity contribution is -0.00364. The van der Waals surface area contributed by atoms with Crippen molar-refractivity contribution in [3.05, 3.63) is 33.8 Å². The molecule has 2 bridgehead atoms. The van der Waals surface area contributed by atoms with E-state index in [4.69, 9.17) is 23.2 Å². The number of benzene rings is 1. The van der Waals surface area contributed by atoms with Gasteiger partial charge in [-0.1, -0.05) is 36.2 Å². The van der Waals surface area contributed by atoms with Gasteiger partial charge in [-0.05, 0) is 30.7 Å². The summed E-state index contributed by atoms with van der Waals surface area (Å²) in [7, 11) is 0. The predicted octanol–water partition coefficient (Wildman–Crippen LogP) is 3.03. The molecule has 0 spiro atoms. The molecule has 2 unspecified atom stereocenters. The third kappa shape index (κ3) is 3.38. The first-order valence-electron chi connectivity index (χ1n) is 7.83. The highest BCUT2D eigenvalue weighted by molar-refractivity contribution is 6.42. The van der Waals surface area contributed by atoms with Gasteiger partial charge in [0.1, 0.15) is 0 Å². The lowest BCUT2D eigenvalue weighted by atomic mass is 9.94. The number of nitrogens with one attached hydrogen (secondary N) is 1. The first-order chi connectivity index (χ1) is 10.2. The van der Waals surface area contributed by atoms with Crippen molar-refractivity contribution >= 4 is 23.2 Å². The summed E-state index contributed by atoms with van der Waals surface area (Å²) in [6, 6.07) is 6.89. The molecule has 3 saturated heterocycles. The Bertz CT molecular complexity index is 486. The number of rotatable bonds is 5. The van der Waals surface area contributed by atoms with E-state index in [0.717, 1.165) is 19.5 Å². The lowest BCUT2D eigenvalue weighted by Gasteiger charge is -2.50. The average molecular weight is 328 g/mol. The van der Waals surface area contributed by atoms with Gasteiger partial charge in [-0.3, -0.25) is 9.80 Å². The molecule has 0 radical (unpaired) electrons. The van der Waals surface area contributed by atoms with E-state index in [1.54, 1.807) is 0 Å². The van der Waals surface area contributed by atoms with Gasteiger partial charge in [0.2, 0.25) is 0 Å². The Morgan fingerprint density at radius 2 is 1.95 bits per heavy atom. The standard InChI is InChI=1S/C16H23Cl2N3/c1-2-5-19-16(12-3-4-13(17)14(18)10-12)15-11-20-6-8-21(15)9-7-20/h3-4,10,15-16,19H,2,5-9,11H2,1H3. The summed E-state index contributed by atoms with van der Waals surface area (Å²) >= 11 is 12.3. The van der Waals surface area contributed by atoms with E-state index in [1.165, 1.54) is 31.7 Å². The van der Waals surface area contributed by atoms with Crippen molar-refractivity contribution in [2.75, 3.05) is 39.3 Å². The minimum absolute atomic E-state index is 0.322. The number of hydrogen-bond donors (Lipinski definition) is 1. The van der Waals surface area contributed by atoms with E-state index in [2.05, 4.69) is 28.1 Å². The summed E-state index contributed by atoms with van der Waals surface area (Å²) < 4.78 is 0. The van der Waals surface area contributed by atoms with Crippen LogP contribution in [0.5, 0.6) is 0 Å². The first kappa shape index (κ1) is 15.6. The van der Waals surface area contributed by atoms with Crippen molar-refractivity contribution in [1.29, 1.82) is 0 Å². The molecular formula is C16H23Cl2N3. The van der Waals surface area contributed by atoms with Gasteiger partial charge >= 0.3 is 0 Å². The maximum atomic E-state index is 6.23. The first-order valence-corrected chi connectivity index (χ1v) is 8.59. The highest BCUT2D eigenvalue weighted by Gasteiger charge is 2.37. The van der Waals surface area contributed by atoms with Gasteiger partial charge < -0.3 is 5.32 Å². The largest absolute Gasteiger partial charge is 0.309 e. The van der Waals surface area contributed by atoms with E-state index >= 15 is 0 Å². The number of hydrogen-bond acceptors (Lipinski definition) is 3. The fraction of sp³-hybridized carbons (Fsp3) is 0.625. The zero-order valence-corrected chi connectivity index (χ0v) is 14.0. The summed E-state index contributed by atoms with van der Waals surface area (Å²) in [6.07, 6.45) is 1.13. The van der Waals surface area contributed by atoms with Gasteiger partial charge in [0.25, 0.3) is 0 Å². The van der Waals surface area contributed by atoms with Crippen molar-refractivity contribution in [2.45, 2.75) is 25.4 Å². The fourth-order valence-electron chi connectivity index (χ4n) is 3.46. The maximum absolute atomic E-state index is 6.23. The van der Waals surface area contributed by atoms with Crippen LogP contribution in [-0.2, 0) is 0 Å². The van der Waals surface area contributed by atoms with Crippen LogP contribution in [0.3, 0.4) is 0 Å². The van der Waals surface area contributed by atoms with E-state index < -0.39 is 0 Å². The Kier molecular flexibility index (Phi) is 5.07. The molecule has 3 heterocycles. The summed E-state index contributed by atoms with van der Waals surface area (Å²) in [4.78, 5) is 5.19. The van der Waals surface area contributed by atoms with Crippen molar-refractivity contribution in [3.63, 3.8) is 0 Å². The molecular weight excluding hydrogens is 305 g/mol. The van der Waals surface area contributed by atoms with Crippen LogP contribution >= 0.6 is 23.2 Å². The van der Waals surface area contributed by atoms with Crippen LogP contribution in [0.2, 0.25) is 10.0 Å². The molecule has 0 aromatic heterocycles. The quantitative estimate of drug-likeness (QED) is 0.896. The molecule has 0 saturated carbocycles. The van der Waals surface area contributed by atoms with Crippen molar-refractivity contribution in [1.82, 2.24) is 15.1 Å².